The van der Waals surface area contributed by atoms with Crippen LogP contribution in [0.2, 0.25) is 0 Å². The van der Waals surface area contributed by atoms with E-state index in [-0.39, 0.29) is 5.82 Å². The van der Waals surface area contributed by atoms with Crippen LogP contribution in [0.25, 0.3) is 10.9 Å². The number of carboxylic acid groups (broad SMARTS) is 1. The second kappa shape index (κ2) is 4.61. The maximum absolute atomic E-state index is 10.9. The molecule has 0 aliphatic heterocycles. The van der Waals surface area contributed by atoms with Crippen molar-refractivity contribution in [1.29, 1.82) is 0 Å². The molecule has 2 aromatic rings. The number of rotatable bonds is 4. The molecule has 0 aliphatic rings. The number of hydrogen-bond donors (Lipinski definition) is 2. The number of benzene rings is 1. The number of para-hydroxylation sites is 1. The number of aromatic carboxylic acids is 1. The van der Waals surface area contributed by atoms with Crippen molar-refractivity contribution < 1.29 is 9.90 Å². The Labute approximate surface area is 97.8 Å². The van der Waals surface area contributed by atoms with Crippen molar-refractivity contribution in [3.8, 4) is 0 Å². The topological polar surface area (TPSA) is 75.1 Å². The molecule has 17 heavy (non-hydrogen) atoms. The Kier molecular flexibility index (Phi) is 3.00. The highest BCUT2D eigenvalue weighted by atomic mass is 16.4. The third-order valence-corrected chi connectivity index (χ3v) is 2.21. The molecule has 2 N–H and O–H groups in total. The van der Waals surface area contributed by atoms with Gasteiger partial charge in [0.15, 0.2) is 0 Å². The molecule has 2 rings (SSSR count). The van der Waals surface area contributed by atoms with Gasteiger partial charge in [0.05, 0.1) is 5.52 Å². The van der Waals surface area contributed by atoms with Gasteiger partial charge in [-0.05, 0) is 12.1 Å². The normalized spacial score (nSPS) is 10.1. The fourth-order valence-corrected chi connectivity index (χ4v) is 1.48. The van der Waals surface area contributed by atoms with Crippen LogP contribution in [0.4, 0.5) is 5.82 Å². The van der Waals surface area contributed by atoms with Gasteiger partial charge in [-0.3, -0.25) is 0 Å². The maximum Gasteiger partial charge on any atom is 0.374 e. The molecule has 1 heterocycles. The van der Waals surface area contributed by atoms with Gasteiger partial charge in [0, 0.05) is 11.9 Å². The Hall–Kier alpha value is -2.43. The van der Waals surface area contributed by atoms with Crippen LogP contribution in [0.3, 0.4) is 0 Å². The smallest absolute Gasteiger partial charge is 0.374 e. The number of nitrogens with zero attached hydrogens (tertiary/aromatic N) is 2. The van der Waals surface area contributed by atoms with Crippen LogP contribution in [0.15, 0.2) is 36.9 Å². The second-order valence-corrected chi connectivity index (χ2v) is 3.39. The van der Waals surface area contributed by atoms with Gasteiger partial charge < -0.3 is 10.4 Å². The van der Waals surface area contributed by atoms with Crippen LogP contribution < -0.4 is 5.32 Å². The molecule has 1 aromatic carbocycles. The number of aromatic nitrogens is 2. The lowest BCUT2D eigenvalue weighted by molar-refractivity contribution is 0.0684. The van der Waals surface area contributed by atoms with Crippen LogP contribution in [0, 0.1) is 0 Å². The molecule has 0 atom stereocenters. The zero-order valence-electron chi connectivity index (χ0n) is 9.05. The van der Waals surface area contributed by atoms with Crippen LogP contribution in [-0.4, -0.2) is 27.6 Å². The summed E-state index contributed by atoms with van der Waals surface area (Å²) >= 11 is 0. The van der Waals surface area contributed by atoms with Gasteiger partial charge in [0.2, 0.25) is 5.82 Å². The summed E-state index contributed by atoms with van der Waals surface area (Å²) in [4.78, 5) is 18.8. The average Bonchev–Trinajstić information content (AvgIpc) is 2.35. The third kappa shape index (κ3) is 2.23. The lowest BCUT2D eigenvalue weighted by Crippen LogP contribution is -2.09. The van der Waals surface area contributed by atoms with Gasteiger partial charge >= 0.3 is 5.97 Å². The number of carbonyl (C=O) groups is 1. The molecule has 0 bridgehead atoms. The summed E-state index contributed by atoms with van der Waals surface area (Å²) in [5.41, 5.74) is 0.603. The number of carboxylic acids is 1. The monoisotopic (exact) mass is 229 g/mol. The van der Waals surface area contributed by atoms with Crippen LogP contribution >= 0.6 is 0 Å². The maximum atomic E-state index is 10.9. The van der Waals surface area contributed by atoms with Gasteiger partial charge in [-0.2, -0.15) is 0 Å². The van der Waals surface area contributed by atoms with E-state index < -0.39 is 5.97 Å². The van der Waals surface area contributed by atoms with Crippen molar-refractivity contribution in [2.45, 2.75) is 0 Å². The van der Waals surface area contributed by atoms with Crippen molar-refractivity contribution in [3.05, 3.63) is 42.7 Å². The van der Waals surface area contributed by atoms with Crippen LogP contribution in [0.5, 0.6) is 0 Å². The molecule has 0 aliphatic carbocycles. The zero-order valence-corrected chi connectivity index (χ0v) is 9.05. The summed E-state index contributed by atoms with van der Waals surface area (Å²) < 4.78 is 0. The quantitative estimate of drug-likeness (QED) is 0.783. The highest BCUT2D eigenvalue weighted by Crippen LogP contribution is 2.19. The summed E-state index contributed by atoms with van der Waals surface area (Å²) in [7, 11) is 0. The summed E-state index contributed by atoms with van der Waals surface area (Å²) in [5.74, 6) is -0.847. The SMILES string of the molecule is C=CCNc1nc(C(=O)O)nc2ccccc12. The first-order valence-electron chi connectivity index (χ1n) is 5.07. The molecular formula is C12H11N3O2. The molecule has 0 spiro atoms. The molecule has 1 aromatic heterocycles. The molecule has 5 nitrogen and oxygen atoms in total. The lowest BCUT2D eigenvalue weighted by atomic mass is 10.2. The highest BCUT2D eigenvalue weighted by Gasteiger charge is 2.11. The number of nitrogens with one attached hydrogen (secondary N) is 1. The Bertz CT molecular complexity index is 581. The minimum atomic E-state index is -1.14. The van der Waals surface area contributed by atoms with Gasteiger partial charge in [0.1, 0.15) is 5.82 Å². The Morgan fingerprint density at radius 1 is 1.41 bits per heavy atom. The van der Waals surface area contributed by atoms with E-state index in [4.69, 9.17) is 5.11 Å². The van der Waals surface area contributed by atoms with E-state index in [9.17, 15) is 4.79 Å². The summed E-state index contributed by atoms with van der Waals surface area (Å²) in [5, 5.41) is 12.7. The summed E-state index contributed by atoms with van der Waals surface area (Å²) in [6.07, 6.45) is 1.68. The van der Waals surface area contributed by atoms with E-state index in [2.05, 4.69) is 21.9 Å². The van der Waals surface area contributed by atoms with Crippen molar-refractivity contribution in [3.63, 3.8) is 0 Å². The van der Waals surface area contributed by atoms with Crippen LogP contribution in [-0.2, 0) is 0 Å². The van der Waals surface area contributed by atoms with Crippen molar-refractivity contribution in [2.75, 3.05) is 11.9 Å². The van der Waals surface area contributed by atoms with Gasteiger partial charge in [-0.25, -0.2) is 14.8 Å². The summed E-state index contributed by atoms with van der Waals surface area (Å²) in [6, 6.07) is 7.25. The van der Waals surface area contributed by atoms with E-state index >= 15 is 0 Å². The molecule has 5 heteroatoms. The molecule has 86 valence electrons. The minimum Gasteiger partial charge on any atom is -0.475 e. The summed E-state index contributed by atoms with van der Waals surface area (Å²) in [6.45, 7) is 4.11. The Morgan fingerprint density at radius 2 is 2.18 bits per heavy atom. The second-order valence-electron chi connectivity index (χ2n) is 3.39. The minimum absolute atomic E-state index is 0.213. The molecule has 0 saturated heterocycles. The third-order valence-electron chi connectivity index (χ3n) is 2.21. The zero-order chi connectivity index (χ0) is 12.3. The van der Waals surface area contributed by atoms with E-state index in [1.54, 1.807) is 18.2 Å². The van der Waals surface area contributed by atoms with Crippen molar-refractivity contribution >= 4 is 22.7 Å². The largest absolute Gasteiger partial charge is 0.475 e. The molecule has 0 unspecified atom stereocenters. The molecular weight excluding hydrogens is 218 g/mol. The number of anilines is 1. The molecule has 0 radical (unpaired) electrons. The predicted octanol–water partition coefficient (Wildman–Crippen LogP) is 1.93. The fourth-order valence-electron chi connectivity index (χ4n) is 1.48. The van der Waals surface area contributed by atoms with E-state index in [0.717, 1.165) is 5.39 Å². The Balaban J connectivity index is 2.60. The van der Waals surface area contributed by atoms with Gasteiger partial charge in [-0.15, -0.1) is 6.58 Å². The fraction of sp³-hybridized carbons (Fsp3) is 0.0833. The number of hydrogen-bond acceptors (Lipinski definition) is 4. The van der Waals surface area contributed by atoms with Gasteiger partial charge in [-0.1, -0.05) is 18.2 Å². The van der Waals surface area contributed by atoms with Crippen LogP contribution in [0.1, 0.15) is 10.6 Å². The van der Waals surface area contributed by atoms with Crippen molar-refractivity contribution in [1.82, 2.24) is 9.97 Å². The predicted molar refractivity (Wildman–Crippen MR) is 65.2 cm³/mol. The first kappa shape index (κ1) is 11.1. The first-order chi connectivity index (χ1) is 8.22. The Morgan fingerprint density at radius 3 is 2.88 bits per heavy atom. The highest BCUT2D eigenvalue weighted by molar-refractivity contribution is 5.93. The average molecular weight is 229 g/mol. The molecule has 0 fully saturated rings. The standard InChI is InChI=1S/C12H11N3O2/c1-2-7-13-10-8-5-3-4-6-9(8)14-11(15-10)12(16)17/h2-6H,1,7H2,(H,16,17)(H,13,14,15). The van der Waals surface area contributed by atoms with Crippen molar-refractivity contribution in [2.24, 2.45) is 0 Å². The number of fused-ring (bicyclic) bond motifs is 1. The first-order valence-corrected chi connectivity index (χ1v) is 5.07. The molecule has 0 amide bonds. The van der Waals surface area contributed by atoms with E-state index in [1.165, 1.54) is 0 Å². The van der Waals surface area contributed by atoms with Gasteiger partial charge in [0.25, 0.3) is 0 Å². The molecule has 0 saturated carbocycles. The van der Waals surface area contributed by atoms with E-state index in [0.29, 0.717) is 17.9 Å². The lowest BCUT2D eigenvalue weighted by Gasteiger charge is -2.07. The van der Waals surface area contributed by atoms with E-state index in [1.807, 2.05) is 12.1 Å².